The number of halogens is 1. The van der Waals surface area contributed by atoms with E-state index in [4.69, 9.17) is 5.53 Å². The molecule has 1 aliphatic rings. The minimum absolute atomic E-state index is 0.00936. The highest BCUT2D eigenvalue weighted by Gasteiger charge is 2.20. The number of anilines is 1. The van der Waals surface area contributed by atoms with Crippen molar-refractivity contribution < 1.29 is 13.9 Å². The molecule has 1 aromatic rings. The van der Waals surface area contributed by atoms with E-state index in [1.54, 1.807) is 6.07 Å². The summed E-state index contributed by atoms with van der Waals surface area (Å²) in [4.78, 5) is 16.3. The van der Waals surface area contributed by atoms with Gasteiger partial charge in [0.2, 0.25) is 0 Å². The summed E-state index contributed by atoms with van der Waals surface area (Å²) in [6, 6.07) is 4.15. The number of hydrogen-bond donors (Lipinski definition) is 0. The number of carbonyl (C=O) groups excluding carboxylic acids is 1. The van der Waals surface area contributed by atoms with Crippen molar-refractivity contribution in [3.05, 3.63) is 40.0 Å². The zero-order valence-electron chi connectivity index (χ0n) is 11.1. The molecule has 106 valence electrons. The van der Waals surface area contributed by atoms with Crippen LogP contribution in [0.15, 0.2) is 23.3 Å². The van der Waals surface area contributed by atoms with Crippen LogP contribution in [0.5, 0.6) is 0 Å². The number of carbonyl (C=O) groups is 1. The fourth-order valence-corrected chi connectivity index (χ4v) is 2.30. The van der Waals surface area contributed by atoms with Crippen LogP contribution in [0, 0.1) is 5.82 Å². The lowest BCUT2D eigenvalue weighted by Crippen LogP contribution is -2.35. The van der Waals surface area contributed by atoms with Crippen molar-refractivity contribution in [2.45, 2.75) is 18.9 Å². The maximum absolute atomic E-state index is 13.6. The zero-order valence-corrected chi connectivity index (χ0v) is 11.1. The Morgan fingerprint density at radius 2 is 2.15 bits per heavy atom. The van der Waals surface area contributed by atoms with Crippen LogP contribution in [0.4, 0.5) is 10.1 Å². The summed E-state index contributed by atoms with van der Waals surface area (Å²) in [5, 5.41) is 3.69. The van der Waals surface area contributed by atoms with Gasteiger partial charge in [0.25, 0.3) is 0 Å². The van der Waals surface area contributed by atoms with Gasteiger partial charge < -0.3 is 9.64 Å². The van der Waals surface area contributed by atoms with Gasteiger partial charge in [-0.05, 0) is 36.6 Å². The predicted molar refractivity (Wildman–Crippen MR) is 72.1 cm³/mol. The van der Waals surface area contributed by atoms with Crippen LogP contribution in [0.1, 0.15) is 23.2 Å². The van der Waals surface area contributed by atoms with E-state index in [2.05, 4.69) is 14.8 Å². The summed E-state index contributed by atoms with van der Waals surface area (Å²) >= 11 is 0. The van der Waals surface area contributed by atoms with Crippen LogP contribution in [0.25, 0.3) is 10.4 Å². The lowest BCUT2D eigenvalue weighted by Gasteiger charge is -2.32. The molecule has 0 bridgehead atoms. The quantitative estimate of drug-likeness (QED) is 0.369. The highest BCUT2D eigenvalue weighted by Crippen LogP contribution is 2.24. The summed E-state index contributed by atoms with van der Waals surface area (Å²) in [5.41, 5.74) is 9.24. The smallest absolute Gasteiger partial charge is 0.338 e. The van der Waals surface area contributed by atoms with Gasteiger partial charge in [-0.1, -0.05) is 5.11 Å². The Balaban J connectivity index is 2.15. The summed E-state index contributed by atoms with van der Waals surface area (Å²) < 4.78 is 18.2. The molecule has 0 radical (unpaired) electrons. The van der Waals surface area contributed by atoms with Gasteiger partial charge in [0, 0.05) is 29.7 Å². The predicted octanol–water partition coefficient (Wildman–Crippen LogP) is 2.89. The van der Waals surface area contributed by atoms with Gasteiger partial charge in [-0.25, -0.2) is 9.18 Å². The second-order valence-electron chi connectivity index (χ2n) is 4.61. The fourth-order valence-electron chi connectivity index (χ4n) is 2.30. The van der Waals surface area contributed by atoms with Crippen molar-refractivity contribution in [1.82, 2.24) is 0 Å². The van der Waals surface area contributed by atoms with Gasteiger partial charge in [0.05, 0.1) is 12.7 Å². The standard InChI is InChI=1S/C13H15FN4O2/c1-20-13(19)9-6-10(14)8-12(7-9)18-4-2-11(3-5-18)16-17-15/h6-8,11H,2-5H2,1H3. The Hall–Kier alpha value is -2.27. The molecule has 1 aliphatic heterocycles. The molecule has 20 heavy (non-hydrogen) atoms. The minimum Gasteiger partial charge on any atom is -0.465 e. The number of benzene rings is 1. The Morgan fingerprint density at radius 1 is 1.45 bits per heavy atom. The van der Waals surface area contributed by atoms with E-state index in [1.807, 2.05) is 4.90 Å². The first-order chi connectivity index (χ1) is 9.63. The molecule has 0 spiro atoms. The summed E-state index contributed by atoms with van der Waals surface area (Å²) in [5.74, 6) is -1.03. The van der Waals surface area contributed by atoms with Crippen LogP contribution in [0.2, 0.25) is 0 Å². The first kappa shape index (κ1) is 14.1. The highest BCUT2D eigenvalue weighted by molar-refractivity contribution is 5.90. The SMILES string of the molecule is COC(=O)c1cc(F)cc(N2CCC(N=[N+]=[N-])CC2)c1. The van der Waals surface area contributed by atoms with Crippen molar-refractivity contribution in [3.63, 3.8) is 0 Å². The monoisotopic (exact) mass is 278 g/mol. The van der Waals surface area contributed by atoms with E-state index in [0.29, 0.717) is 31.6 Å². The number of azide groups is 1. The van der Waals surface area contributed by atoms with E-state index in [0.717, 1.165) is 6.07 Å². The molecule has 1 heterocycles. The topological polar surface area (TPSA) is 78.3 Å². The first-order valence-corrected chi connectivity index (χ1v) is 6.32. The fraction of sp³-hybridized carbons (Fsp3) is 0.462. The molecule has 0 unspecified atom stereocenters. The second-order valence-corrected chi connectivity index (χ2v) is 4.61. The van der Waals surface area contributed by atoms with Crippen molar-refractivity contribution in [1.29, 1.82) is 0 Å². The van der Waals surface area contributed by atoms with E-state index in [9.17, 15) is 9.18 Å². The average Bonchev–Trinajstić information content (AvgIpc) is 2.47. The van der Waals surface area contributed by atoms with Crippen molar-refractivity contribution in [3.8, 4) is 0 Å². The van der Waals surface area contributed by atoms with Gasteiger partial charge in [0.1, 0.15) is 5.82 Å². The second kappa shape index (κ2) is 6.25. The lowest BCUT2D eigenvalue weighted by molar-refractivity contribution is 0.0600. The molecule has 1 saturated heterocycles. The third-order valence-corrected chi connectivity index (χ3v) is 3.35. The Kier molecular flexibility index (Phi) is 4.42. The molecule has 0 saturated carbocycles. The third kappa shape index (κ3) is 3.19. The molecule has 7 heteroatoms. The highest BCUT2D eigenvalue weighted by atomic mass is 19.1. The Bertz CT molecular complexity index is 549. The average molecular weight is 278 g/mol. The van der Waals surface area contributed by atoms with Gasteiger partial charge >= 0.3 is 5.97 Å². The first-order valence-electron chi connectivity index (χ1n) is 6.32. The maximum atomic E-state index is 13.6. The number of methoxy groups -OCH3 is 1. The molecule has 0 N–H and O–H groups in total. The normalized spacial score (nSPS) is 15.6. The molecule has 0 aromatic heterocycles. The molecular formula is C13H15FN4O2. The minimum atomic E-state index is -0.560. The Morgan fingerprint density at radius 3 is 2.75 bits per heavy atom. The van der Waals surface area contributed by atoms with Crippen LogP contribution < -0.4 is 4.90 Å². The summed E-state index contributed by atoms with van der Waals surface area (Å²) in [6.07, 6.45) is 1.43. The molecule has 1 fully saturated rings. The van der Waals surface area contributed by atoms with Crippen molar-refractivity contribution in [2.75, 3.05) is 25.1 Å². The van der Waals surface area contributed by atoms with Crippen LogP contribution in [0.3, 0.4) is 0 Å². The van der Waals surface area contributed by atoms with E-state index >= 15 is 0 Å². The number of esters is 1. The Labute approximate surface area is 115 Å². The summed E-state index contributed by atoms with van der Waals surface area (Å²) in [7, 11) is 1.26. The van der Waals surface area contributed by atoms with Crippen LogP contribution in [-0.4, -0.2) is 32.2 Å². The molecule has 0 amide bonds. The van der Waals surface area contributed by atoms with E-state index in [-0.39, 0.29) is 11.6 Å². The zero-order chi connectivity index (χ0) is 14.5. The molecule has 6 nitrogen and oxygen atoms in total. The van der Waals surface area contributed by atoms with Crippen LogP contribution >= 0.6 is 0 Å². The molecule has 0 aliphatic carbocycles. The number of rotatable bonds is 3. The van der Waals surface area contributed by atoms with E-state index < -0.39 is 11.8 Å². The number of nitrogens with zero attached hydrogens (tertiary/aromatic N) is 4. The van der Waals surface area contributed by atoms with Gasteiger partial charge in [0.15, 0.2) is 0 Å². The molecule has 0 atom stereocenters. The molecule has 1 aromatic carbocycles. The van der Waals surface area contributed by atoms with E-state index in [1.165, 1.54) is 13.2 Å². The van der Waals surface area contributed by atoms with Crippen molar-refractivity contribution >= 4 is 11.7 Å². The molecule has 2 rings (SSSR count). The van der Waals surface area contributed by atoms with Crippen LogP contribution in [-0.2, 0) is 4.74 Å². The van der Waals surface area contributed by atoms with Gasteiger partial charge in [-0.15, -0.1) is 0 Å². The molecular weight excluding hydrogens is 263 g/mol. The van der Waals surface area contributed by atoms with Gasteiger partial charge in [-0.2, -0.15) is 0 Å². The number of ether oxygens (including phenoxy) is 1. The summed E-state index contributed by atoms with van der Waals surface area (Å²) in [6.45, 7) is 1.32. The van der Waals surface area contributed by atoms with Crippen molar-refractivity contribution in [2.24, 2.45) is 5.11 Å². The largest absolute Gasteiger partial charge is 0.465 e. The third-order valence-electron chi connectivity index (χ3n) is 3.35. The maximum Gasteiger partial charge on any atom is 0.338 e. The number of piperidine rings is 1. The van der Waals surface area contributed by atoms with Gasteiger partial charge in [-0.3, -0.25) is 0 Å². The number of hydrogen-bond acceptors (Lipinski definition) is 4. The lowest BCUT2D eigenvalue weighted by atomic mass is 10.0.